The lowest BCUT2D eigenvalue weighted by atomic mass is 10.1. The number of nitro groups is 1. The summed E-state index contributed by atoms with van der Waals surface area (Å²) in [5.74, 6) is 0.915. The summed E-state index contributed by atoms with van der Waals surface area (Å²) in [5, 5.41) is 11.8. The van der Waals surface area contributed by atoms with E-state index in [1.807, 2.05) is 66.3 Å². The molecule has 0 saturated carbocycles. The molecule has 0 fully saturated rings. The van der Waals surface area contributed by atoms with Crippen molar-refractivity contribution in [1.29, 1.82) is 0 Å². The van der Waals surface area contributed by atoms with E-state index in [1.54, 1.807) is 24.8 Å². The Bertz CT molecular complexity index is 1830. The fraction of sp³-hybridized carbons (Fsp3) is 0.133. The monoisotopic (exact) mass is 655 g/mol. The number of pyridine rings is 1. The van der Waals surface area contributed by atoms with Crippen LogP contribution in [0.2, 0.25) is 0 Å². The van der Waals surface area contributed by atoms with E-state index >= 15 is 0 Å². The highest BCUT2D eigenvalue weighted by atomic mass is 35.5. The summed E-state index contributed by atoms with van der Waals surface area (Å²) in [4.78, 5) is 38.4. The first-order chi connectivity index (χ1) is 20.1. The highest BCUT2D eigenvalue weighted by Crippen LogP contribution is 2.35. The van der Waals surface area contributed by atoms with Crippen molar-refractivity contribution in [3.63, 3.8) is 0 Å². The molecular formula is C30H28Cl3N7O4. The average Bonchev–Trinajstić information content (AvgIpc) is 3.77. The van der Waals surface area contributed by atoms with Gasteiger partial charge in [0, 0.05) is 66.5 Å². The van der Waals surface area contributed by atoms with E-state index in [0.717, 1.165) is 22.6 Å². The Morgan fingerprint density at radius 2 is 1.82 bits per heavy atom. The summed E-state index contributed by atoms with van der Waals surface area (Å²) in [7, 11) is 0. The predicted octanol–water partition coefficient (Wildman–Crippen LogP) is 7.02. The van der Waals surface area contributed by atoms with E-state index < -0.39 is 11.0 Å². The number of furan rings is 1. The van der Waals surface area contributed by atoms with Gasteiger partial charge in [-0.15, -0.1) is 37.2 Å². The standard InChI is InChI=1S/C30H25N7O4.3ClH/c1-2-35-27(21-6-8-24(9-7-21)34-14-13-31-19-34)18-33-30(35)26(17-23-5-3-4-12-32-23)36(20-38)29-16-22-15-25(37(39)40)10-11-28(22)41-29;;;/h3-16,18-20,26H,2,17H2,1H3;3*1H. The van der Waals surface area contributed by atoms with Gasteiger partial charge in [-0.25, -0.2) is 9.97 Å². The molecule has 4 aromatic heterocycles. The van der Waals surface area contributed by atoms with Gasteiger partial charge in [0.15, 0.2) is 0 Å². The van der Waals surface area contributed by atoms with Crippen molar-refractivity contribution in [3.05, 3.63) is 119 Å². The third-order valence-electron chi connectivity index (χ3n) is 7.00. The number of benzene rings is 2. The first kappa shape index (κ1) is 33.8. The summed E-state index contributed by atoms with van der Waals surface area (Å²) in [5.41, 5.74) is 4.01. The van der Waals surface area contributed by atoms with E-state index in [-0.39, 0.29) is 48.8 Å². The van der Waals surface area contributed by atoms with Crippen molar-refractivity contribution >= 4 is 66.2 Å². The minimum Gasteiger partial charge on any atom is -0.440 e. The lowest BCUT2D eigenvalue weighted by Crippen LogP contribution is -2.31. The third kappa shape index (κ3) is 6.60. The number of anilines is 1. The highest BCUT2D eigenvalue weighted by Gasteiger charge is 2.29. The number of nitrogens with zero attached hydrogens (tertiary/aromatic N) is 7. The molecule has 2 aromatic carbocycles. The highest BCUT2D eigenvalue weighted by molar-refractivity contribution is 5.87. The molecule has 0 radical (unpaired) electrons. The molecule has 44 heavy (non-hydrogen) atoms. The van der Waals surface area contributed by atoms with E-state index in [1.165, 1.54) is 23.1 Å². The second-order valence-electron chi connectivity index (χ2n) is 9.38. The third-order valence-corrected chi connectivity index (χ3v) is 7.00. The molecule has 14 heteroatoms. The lowest BCUT2D eigenvalue weighted by molar-refractivity contribution is -0.384. The molecule has 0 bridgehead atoms. The molecule has 228 valence electrons. The quantitative estimate of drug-likeness (QED) is 0.0882. The van der Waals surface area contributed by atoms with Crippen molar-refractivity contribution in [2.75, 3.05) is 4.90 Å². The fourth-order valence-electron chi connectivity index (χ4n) is 5.00. The van der Waals surface area contributed by atoms with Crippen LogP contribution in [-0.2, 0) is 17.8 Å². The van der Waals surface area contributed by atoms with E-state index in [9.17, 15) is 14.9 Å². The van der Waals surface area contributed by atoms with Gasteiger partial charge in [0.05, 0.1) is 23.1 Å². The van der Waals surface area contributed by atoms with Crippen molar-refractivity contribution < 1.29 is 14.1 Å². The summed E-state index contributed by atoms with van der Waals surface area (Å²) in [6.45, 7) is 2.63. The molecule has 0 aliphatic heterocycles. The van der Waals surface area contributed by atoms with Crippen LogP contribution in [0, 0.1) is 10.1 Å². The van der Waals surface area contributed by atoms with Crippen LogP contribution in [0.3, 0.4) is 0 Å². The number of hydrogen-bond acceptors (Lipinski definition) is 7. The molecule has 1 amide bonds. The number of halogens is 3. The molecule has 6 rings (SSSR count). The maximum atomic E-state index is 12.7. The van der Waals surface area contributed by atoms with E-state index in [2.05, 4.69) is 14.5 Å². The van der Waals surface area contributed by atoms with Gasteiger partial charge < -0.3 is 13.6 Å². The van der Waals surface area contributed by atoms with Crippen LogP contribution in [0.1, 0.15) is 24.5 Å². The summed E-state index contributed by atoms with van der Waals surface area (Å²) in [6.07, 6.45) is 9.95. The summed E-state index contributed by atoms with van der Waals surface area (Å²) in [6, 6.07) is 19.1. The minimum atomic E-state index is -0.572. The number of fused-ring (bicyclic) bond motifs is 1. The number of carbonyl (C=O) groups excluding carboxylic acids is 1. The van der Waals surface area contributed by atoms with Crippen molar-refractivity contribution in [2.45, 2.75) is 25.9 Å². The van der Waals surface area contributed by atoms with Gasteiger partial charge in [0.1, 0.15) is 17.4 Å². The zero-order chi connectivity index (χ0) is 28.3. The van der Waals surface area contributed by atoms with Crippen LogP contribution in [0.15, 0.2) is 102 Å². The molecule has 0 saturated heterocycles. The molecule has 0 spiro atoms. The van der Waals surface area contributed by atoms with Gasteiger partial charge in [-0.1, -0.05) is 18.2 Å². The number of hydrogen-bond donors (Lipinski definition) is 0. The van der Waals surface area contributed by atoms with E-state index in [4.69, 9.17) is 9.40 Å². The normalized spacial score (nSPS) is 11.1. The topological polar surface area (TPSA) is 125 Å². The van der Waals surface area contributed by atoms with Crippen molar-refractivity contribution in [2.24, 2.45) is 0 Å². The smallest absolute Gasteiger partial charge is 0.270 e. The molecule has 0 aliphatic carbocycles. The largest absolute Gasteiger partial charge is 0.440 e. The zero-order valence-corrected chi connectivity index (χ0v) is 25.7. The Morgan fingerprint density at radius 3 is 2.45 bits per heavy atom. The minimum absolute atomic E-state index is 0. The Kier molecular flexibility index (Phi) is 11.2. The van der Waals surface area contributed by atoms with Gasteiger partial charge in [0.25, 0.3) is 5.69 Å². The lowest BCUT2D eigenvalue weighted by Gasteiger charge is -2.26. The maximum absolute atomic E-state index is 12.7. The van der Waals surface area contributed by atoms with Crippen LogP contribution in [0.25, 0.3) is 27.9 Å². The second kappa shape index (κ2) is 14.6. The number of imidazole rings is 2. The second-order valence-corrected chi connectivity index (χ2v) is 9.38. The summed E-state index contributed by atoms with van der Waals surface area (Å²) < 4.78 is 10.0. The molecule has 1 unspecified atom stereocenters. The molecule has 0 N–H and O–H groups in total. The predicted molar refractivity (Wildman–Crippen MR) is 174 cm³/mol. The fourth-order valence-corrected chi connectivity index (χ4v) is 5.00. The van der Waals surface area contributed by atoms with Crippen molar-refractivity contribution in [1.82, 2.24) is 24.1 Å². The molecule has 4 heterocycles. The Morgan fingerprint density at radius 1 is 1.02 bits per heavy atom. The number of carbonyl (C=O) groups is 1. The van der Waals surface area contributed by atoms with E-state index in [0.29, 0.717) is 36.2 Å². The first-order valence-electron chi connectivity index (χ1n) is 13.0. The van der Waals surface area contributed by atoms with Crippen LogP contribution >= 0.6 is 37.2 Å². The number of nitro benzene ring substituents is 1. The summed E-state index contributed by atoms with van der Waals surface area (Å²) >= 11 is 0. The van der Waals surface area contributed by atoms with Gasteiger partial charge in [0.2, 0.25) is 12.3 Å². The molecule has 0 aliphatic rings. The number of rotatable bonds is 10. The van der Waals surface area contributed by atoms with Gasteiger partial charge in [-0.2, -0.15) is 0 Å². The van der Waals surface area contributed by atoms with Crippen LogP contribution in [0.5, 0.6) is 0 Å². The Hall–Kier alpha value is -4.71. The maximum Gasteiger partial charge on any atom is 0.270 e. The number of amides is 1. The molecule has 6 aromatic rings. The van der Waals surface area contributed by atoms with Gasteiger partial charge in [-0.05, 0) is 42.8 Å². The van der Waals surface area contributed by atoms with Crippen LogP contribution in [-0.4, -0.2) is 35.4 Å². The number of aromatic nitrogens is 5. The average molecular weight is 657 g/mol. The van der Waals surface area contributed by atoms with Crippen LogP contribution in [0.4, 0.5) is 11.6 Å². The Labute approximate surface area is 270 Å². The van der Waals surface area contributed by atoms with Gasteiger partial charge >= 0.3 is 0 Å². The Balaban J connectivity index is 0.00000176. The van der Waals surface area contributed by atoms with Crippen LogP contribution < -0.4 is 4.90 Å². The molecular weight excluding hydrogens is 629 g/mol. The zero-order valence-electron chi connectivity index (χ0n) is 23.3. The SMILES string of the molecule is CCn1c(-c2ccc(-n3ccnc3)cc2)cnc1C(Cc1ccccn1)N(C=O)c1cc2cc([N+](=O)[O-])ccc2o1.Cl.Cl.Cl. The van der Waals surface area contributed by atoms with Gasteiger partial charge in [-0.3, -0.25) is 24.8 Å². The number of non-ortho nitro benzene ring substituents is 1. The molecule has 1 atom stereocenters. The molecule has 11 nitrogen and oxygen atoms in total. The van der Waals surface area contributed by atoms with Crippen molar-refractivity contribution in [3.8, 4) is 16.9 Å². The first-order valence-corrected chi connectivity index (χ1v) is 13.0.